The van der Waals surface area contributed by atoms with E-state index in [4.69, 9.17) is 11.6 Å². The van der Waals surface area contributed by atoms with Gasteiger partial charge in [0, 0.05) is 31.7 Å². The van der Waals surface area contributed by atoms with E-state index in [-0.39, 0.29) is 0 Å². The fourth-order valence-electron chi connectivity index (χ4n) is 2.87. The molecule has 1 atom stereocenters. The van der Waals surface area contributed by atoms with E-state index >= 15 is 0 Å². The Balaban J connectivity index is 2.06. The molecule has 0 bridgehead atoms. The van der Waals surface area contributed by atoms with Gasteiger partial charge < -0.3 is 9.47 Å². The maximum atomic E-state index is 6.16. The molecular weight excluding hydrogens is 260 g/mol. The molecule has 0 aromatic carbocycles. The first kappa shape index (κ1) is 12.7. The molecular formula is C14H19ClN4. The summed E-state index contributed by atoms with van der Waals surface area (Å²) in [5.74, 6) is 1.65. The van der Waals surface area contributed by atoms with Crippen LogP contribution in [0.5, 0.6) is 0 Å². The van der Waals surface area contributed by atoms with Crippen LogP contribution in [-0.4, -0.2) is 33.0 Å². The molecule has 1 saturated heterocycles. The maximum Gasteiger partial charge on any atom is 0.157 e. The van der Waals surface area contributed by atoms with Crippen molar-refractivity contribution in [3.8, 4) is 0 Å². The van der Waals surface area contributed by atoms with Crippen molar-refractivity contribution in [3.05, 3.63) is 18.6 Å². The first-order chi connectivity index (χ1) is 9.31. The highest BCUT2D eigenvalue weighted by Crippen LogP contribution is 2.28. The summed E-state index contributed by atoms with van der Waals surface area (Å²) in [5.41, 5.74) is 2.12. The molecule has 4 nitrogen and oxygen atoms in total. The van der Waals surface area contributed by atoms with Crippen molar-refractivity contribution < 1.29 is 0 Å². The summed E-state index contributed by atoms with van der Waals surface area (Å²) in [4.78, 5) is 11.4. The number of fused-ring (bicyclic) bond motifs is 1. The quantitative estimate of drug-likeness (QED) is 0.792. The van der Waals surface area contributed by atoms with Gasteiger partial charge in [0.05, 0.1) is 11.8 Å². The van der Waals surface area contributed by atoms with Crippen LogP contribution in [0.4, 0.5) is 5.82 Å². The van der Waals surface area contributed by atoms with E-state index in [1.807, 2.05) is 30.2 Å². The number of nitrogens with zero attached hydrogens (tertiary/aromatic N) is 4. The van der Waals surface area contributed by atoms with Crippen LogP contribution in [-0.2, 0) is 7.05 Å². The number of pyridine rings is 1. The third-order valence-corrected chi connectivity index (χ3v) is 4.31. The van der Waals surface area contributed by atoms with Crippen LogP contribution in [0.3, 0.4) is 0 Å². The summed E-state index contributed by atoms with van der Waals surface area (Å²) in [6.45, 7) is 1.03. The van der Waals surface area contributed by atoms with Gasteiger partial charge in [0.1, 0.15) is 5.52 Å². The molecule has 5 heteroatoms. The predicted octanol–water partition coefficient (Wildman–Crippen LogP) is 2.96. The van der Waals surface area contributed by atoms with Crippen LogP contribution < -0.4 is 4.90 Å². The van der Waals surface area contributed by atoms with Crippen LogP contribution in [0.2, 0.25) is 0 Å². The summed E-state index contributed by atoms with van der Waals surface area (Å²) in [5, 5.41) is 0. The van der Waals surface area contributed by atoms with Crippen molar-refractivity contribution in [2.45, 2.75) is 31.7 Å². The Bertz CT molecular complexity index is 566. The predicted molar refractivity (Wildman–Crippen MR) is 78.8 cm³/mol. The monoisotopic (exact) mass is 278 g/mol. The highest BCUT2D eigenvalue weighted by Gasteiger charge is 2.23. The van der Waals surface area contributed by atoms with Crippen molar-refractivity contribution in [3.63, 3.8) is 0 Å². The Hall–Kier alpha value is -1.29. The molecule has 3 heterocycles. The lowest BCUT2D eigenvalue weighted by atomic mass is 10.1. The van der Waals surface area contributed by atoms with Crippen molar-refractivity contribution in [1.29, 1.82) is 0 Å². The molecule has 1 aliphatic rings. The molecule has 0 saturated carbocycles. The zero-order valence-corrected chi connectivity index (χ0v) is 12.0. The molecule has 2 aromatic heterocycles. The Morgan fingerprint density at radius 3 is 3.05 bits per heavy atom. The second-order valence-electron chi connectivity index (χ2n) is 5.21. The van der Waals surface area contributed by atoms with Gasteiger partial charge in [-0.15, -0.1) is 11.6 Å². The molecule has 1 unspecified atom stereocenters. The Labute approximate surface area is 118 Å². The van der Waals surface area contributed by atoms with Gasteiger partial charge in [0.15, 0.2) is 5.82 Å². The largest absolute Gasteiger partial charge is 0.351 e. The Morgan fingerprint density at radius 2 is 2.21 bits per heavy atom. The SMILES string of the molecule is Cn1cnc2c(N3CCCCCC3CCl)nccc21. The van der Waals surface area contributed by atoms with Crippen molar-refractivity contribution in [2.24, 2.45) is 7.05 Å². The molecule has 1 fully saturated rings. The number of hydrogen-bond donors (Lipinski definition) is 0. The highest BCUT2D eigenvalue weighted by atomic mass is 35.5. The van der Waals surface area contributed by atoms with E-state index in [9.17, 15) is 0 Å². The number of rotatable bonds is 2. The first-order valence-electron chi connectivity index (χ1n) is 6.90. The lowest BCUT2D eigenvalue weighted by molar-refractivity contribution is 0.617. The molecule has 2 aromatic rings. The van der Waals surface area contributed by atoms with Gasteiger partial charge in [-0.25, -0.2) is 9.97 Å². The van der Waals surface area contributed by atoms with Gasteiger partial charge in [-0.05, 0) is 18.9 Å². The molecule has 19 heavy (non-hydrogen) atoms. The minimum atomic E-state index is 0.379. The van der Waals surface area contributed by atoms with Gasteiger partial charge in [0.2, 0.25) is 0 Å². The number of anilines is 1. The van der Waals surface area contributed by atoms with Crippen LogP contribution in [0, 0.1) is 0 Å². The van der Waals surface area contributed by atoms with Crippen molar-refractivity contribution in [2.75, 3.05) is 17.3 Å². The number of hydrogen-bond acceptors (Lipinski definition) is 3. The van der Waals surface area contributed by atoms with Gasteiger partial charge in [-0.3, -0.25) is 0 Å². The third kappa shape index (κ3) is 2.29. The smallest absolute Gasteiger partial charge is 0.157 e. The number of imidazole rings is 1. The maximum absolute atomic E-state index is 6.16. The molecule has 0 radical (unpaired) electrons. The van der Waals surface area contributed by atoms with E-state index in [2.05, 4.69) is 14.9 Å². The fourth-order valence-corrected chi connectivity index (χ4v) is 3.20. The normalized spacial score (nSPS) is 20.7. The van der Waals surface area contributed by atoms with Crippen LogP contribution >= 0.6 is 11.6 Å². The molecule has 102 valence electrons. The number of aromatic nitrogens is 3. The number of aryl methyl sites for hydroxylation is 1. The van der Waals surface area contributed by atoms with Gasteiger partial charge in [-0.1, -0.05) is 12.8 Å². The summed E-state index contributed by atoms with van der Waals surface area (Å²) in [7, 11) is 2.01. The molecule has 1 aliphatic heterocycles. The Morgan fingerprint density at radius 1 is 1.32 bits per heavy atom. The zero-order chi connectivity index (χ0) is 13.2. The molecule has 0 N–H and O–H groups in total. The van der Waals surface area contributed by atoms with Crippen LogP contribution in [0.25, 0.3) is 11.0 Å². The zero-order valence-electron chi connectivity index (χ0n) is 11.2. The number of halogens is 1. The number of alkyl halides is 1. The van der Waals surface area contributed by atoms with E-state index in [1.54, 1.807) is 0 Å². The topological polar surface area (TPSA) is 34.0 Å². The first-order valence-corrected chi connectivity index (χ1v) is 7.43. The van der Waals surface area contributed by atoms with E-state index in [1.165, 1.54) is 19.3 Å². The van der Waals surface area contributed by atoms with Gasteiger partial charge in [-0.2, -0.15) is 0 Å². The van der Waals surface area contributed by atoms with E-state index in [0.29, 0.717) is 11.9 Å². The average molecular weight is 279 g/mol. The van der Waals surface area contributed by atoms with E-state index < -0.39 is 0 Å². The summed E-state index contributed by atoms with van der Waals surface area (Å²) in [6, 6.07) is 2.39. The average Bonchev–Trinajstić information content (AvgIpc) is 2.68. The summed E-state index contributed by atoms with van der Waals surface area (Å²) >= 11 is 6.16. The highest BCUT2D eigenvalue weighted by molar-refractivity contribution is 6.18. The summed E-state index contributed by atoms with van der Waals surface area (Å²) < 4.78 is 2.04. The molecule has 0 aliphatic carbocycles. The Kier molecular flexibility index (Phi) is 3.60. The van der Waals surface area contributed by atoms with Crippen molar-refractivity contribution in [1.82, 2.24) is 14.5 Å². The van der Waals surface area contributed by atoms with Crippen LogP contribution in [0.1, 0.15) is 25.7 Å². The van der Waals surface area contributed by atoms with E-state index in [0.717, 1.165) is 29.8 Å². The third-order valence-electron chi connectivity index (χ3n) is 3.95. The van der Waals surface area contributed by atoms with Gasteiger partial charge in [0.25, 0.3) is 0 Å². The standard InChI is InChI=1S/C14H19ClN4/c1-18-10-17-13-12(18)6-7-16-14(13)19-8-4-2-3-5-11(19)9-15/h6-7,10-11H,2-5,8-9H2,1H3. The lowest BCUT2D eigenvalue weighted by Crippen LogP contribution is -2.37. The van der Waals surface area contributed by atoms with Crippen molar-refractivity contribution >= 4 is 28.5 Å². The summed E-state index contributed by atoms with van der Waals surface area (Å²) in [6.07, 6.45) is 8.61. The molecule has 3 rings (SSSR count). The molecule has 0 spiro atoms. The minimum Gasteiger partial charge on any atom is -0.351 e. The lowest BCUT2D eigenvalue weighted by Gasteiger charge is -2.29. The van der Waals surface area contributed by atoms with Crippen LogP contribution in [0.15, 0.2) is 18.6 Å². The second kappa shape index (κ2) is 5.37. The van der Waals surface area contributed by atoms with Gasteiger partial charge >= 0.3 is 0 Å². The molecule has 0 amide bonds. The second-order valence-corrected chi connectivity index (χ2v) is 5.52. The fraction of sp³-hybridized carbons (Fsp3) is 0.571. The minimum absolute atomic E-state index is 0.379.